The van der Waals surface area contributed by atoms with Gasteiger partial charge in [-0.3, -0.25) is 14.6 Å². The molecule has 4 aromatic rings. The fraction of sp³-hybridized carbons (Fsp3) is 0.510. The monoisotopic (exact) mass is 873 g/mol. The van der Waals surface area contributed by atoms with E-state index in [0.29, 0.717) is 44.9 Å². The van der Waals surface area contributed by atoms with Gasteiger partial charge in [-0.15, -0.1) is 0 Å². The molecule has 0 bridgehead atoms. The molecule has 3 N–H and O–H groups in total. The van der Waals surface area contributed by atoms with Crippen molar-refractivity contribution in [3.8, 4) is 28.1 Å². The van der Waals surface area contributed by atoms with Crippen LogP contribution in [0.5, 0.6) is 5.75 Å². The second kappa shape index (κ2) is 17.2. The molecule has 1 aromatic heterocycles. The maximum Gasteiger partial charge on any atom is 0.407 e. The molecule has 0 aliphatic carbocycles. The van der Waals surface area contributed by atoms with Crippen LogP contribution in [-0.4, -0.2) is 107 Å². The lowest BCUT2D eigenvalue weighted by atomic mass is 9.74. The largest absolute Gasteiger partial charge is 0.488 e. The normalized spacial score (nSPS) is 23.1. The minimum atomic E-state index is -0.748. The minimum Gasteiger partial charge on any atom is -0.488 e. The van der Waals surface area contributed by atoms with Crippen LogP contribution in [0.2, 0.25) is 0 Å². The summed E-state index contributed by atoms with van der Waals surface area (Å²) in [4.78, 5) is 70.5. The van der Waals surface area contributed by atoms with Gasteiger partial charge in [-0.1, -0.05) is 39.0 Å². The summed E-state index contributed by atoms with van der Waals surface area (Å²) in [6.07, 6.45) is 5.74. The first-order valence-corrected chi connectivity index (χ1v) is 22.7. The average Bonchev–Trinajstić information content (AvgIpc) is 4.12. The third-order valence-electron chi connectivity index (χ3n) is 14.5. The molecule has 4 amide bonds. The molecular weight excluding hydrogens is 815 g/mol. The first-order chi connectivity index (χ1) is 30.8. The molecule has 15 heteroatoms. The number of methoxy groups -OCH3 is 2. The number of carbonyl (C=O) groups excluding carboxylic acids is 4. The van der Waals surface area contributed by atoms with Crippen molar-refractivity contribution >= 4 is 46.2 Å². The molecule has 3 aromatic carbocycles. The Labute approximate surface area is 373 Å². The van der Waals surface area contributed by atoms with Crippen molar-refractivity contribution in [3.05, 3.63) is 65.6 Å². The number of ether oxygens (including phenoxy) is 4. The zero-order valence-electron chi connectivity index (χ0n) is 37.8. The molecule has 6 atom stereocenters. The molecule has 64 heavy (non-hydrogen) atoms. The van der Waals surface area contributed by atoms with Crippen molar-refractivity contribution in [2.45, 2.75) is 122 Å². The molecule has 3 saturated heterocycles. The Hall–Kier alpha value is -5.96. The van der Waals surface area contributed by atoms with E-state index >= 15 is 0 Å². The van der Waals surface area contributed by atoms with E-state index in [1.807, 2.05) is 36.8 Å². The van der Waals surface area contributed by atoms with Crippen molar-refractivity contribution in [2.24, 2.45) is 16.3 Å². The molecule has 0 radical (unpaired) electrons. The number of H-pyrrole nitrogens is 1. The summed E-state index contributed by atoms with van der Waals surface area (Å²) in [5, 5.41) is 7.81. The molecule has 15 nitrogen and oxygen atoms in total. The first kappa shape index (κ1) is 43.3. The predicted molar refractivity (Wildman–Crippen MR) is 241 cm³/mol. The summed E-state index contributed by atoms with van der Waals surface area (Å²) in [5.74, 6) is 1.15. The number of hydrogen-bond acceptors (Lipinski definition) is 10. The third-order valence-corrected chi connectivity index (χ3v) is 14.5. The van der Waals surface area contributed by atoms with E-state index in [1.54, 1.807) is 0 Å². The van der Waals surface area contributed by atoms with E-state index < -0.39 is 29.7 Å². The number of hydrogen-bond donors (Lipinski definition) is 3. The van der Waals surface area contributed by atoms with E-state index in [0.717, 1.165) is 87.1 Å². The molecule has 9 rings (SSSR count). The van der Waals surface area contributed by atoms with Crippen LogP contribution < -0.4 is 15.4 Å². The smallest absolute Gasteiger partial charge is 0.407 e. The minimum absolute atomic E-state index is 0.0136. The molecule has 0 spiro atoms. The lowest BCUT2D eigenvalue weighted by molar-refractivity contribution is -0.140. The maximum atomic E-state index is 14.6. The standard InChI is InChI=1S/C49H59N7O8/c1-26(2)42(53-47(59)61-6)45(57)56-28(4)9-15-40(56)44-50-24-38(52-44)30-10-12-32-31(20-30)25-64-41-23-33-29(21-35(32)41)11-13-36-34(33)22-37(51-36)39-14-8-27(3)55(39)46(58)43(54-48(60)62-7)49(5)16-18-63-19-17-49/h10-13,20-21,23-24,26-28,39-40,42-43H,8-9,14-19,22,25H2,1-7H3,(H,50,52)(H,53,59)(H,54,60)/t27-,28-,39-,40-,42-,43+/m0/s1. The van der Waals surface area contributed by atoms with E-state index in [9.17, 15) is 19.2 Å². The summed E-state index contributed by atoms with van der Waals surface area (Å²) in [6, 6.07) is 13.0. The Morgan fingerprint density at radius 2 is 1.56 bits per heavy atom. The number of alkyl carbamates (subject to hydrolysis) is 2. The molecule has 6 heterocycles. The van der Waals surface area contributed by atoms with Gasteiger partial charge in [0.2, 0.25) is 11.8 Å². The Balaban J connectivity index is 0.938. The number of nitrogens with one attached hydrogen (secondary N) is 3. The second-order valence-electron chi connectivity index (χ2n) is 18.8. The van der Waals surface area contributed by atoms with Gasteiger partial charge >= 0.3 is 12.2 Å². The molecule has 0 unspecified atom stereocenters. The summed E-state index contributed by atoms with van der Waals surface area (Å²) in [6.45, 7) is 11.5. The number of fused-ring (bicyclic) bond motifs is 6. The number of rotatable bonds is 9. The zero-order valence-corrected chi connectivity index (χ0v) is 37.8. The Bertz CT molecular complexity index is 2530. The number of likely N-dealkylation sites (tertiary alicyclic amines) is 2. The Morgan fingerprint density at radius 1 is 0.859 bits per heavy atom. The number of carbonyl (C=O) groups is 4. The highest BCUT2D eigenvalue weighted by atomic mass is 16.5. The number of aliphatic imine (C=N–C) groups is 1. The fourth-order valence-electron chi connectivity index (χ4n) is 10.7. The van der Waals surface area contributed by atoms with Crippen LogP contribution in [0.15, 0.2) is 53.7 Å². The van der Waals surface area contributed by atoms with Gasteiger partial charge in [-0.25, -0.2) is 14.6 Å². The van der Waals surface area contributed by atoms with Gasteiger partial charge in [0.25, 0.3) is 0 Å². The Morgan fingerprint density at radius 3 is 2.28 bits per heavy atom. The van der Waals surface area contributed by atoms with Crippen LogP contribution in [0.3, 0.4) is 0 Å². The summed E-state index contributed by atoms with van der Waals surface area (Å²) < 4.78 is 21.9. The zero-order chi connectivity index (χ0) is 45.0. The molecular formula is C49H59N7O8. The van der Waals surface area contributed by atoms with Crippen LogP contribution in [0.1, 0.15) is 96.1 Å². The number of aromatic nitrogens is 2. The van der Waals surface area contributed by atoms with Crippen molar-refractivity contribution in [2.75, 3.05) is 27.4 Å². The van der Waals surface area contributed by atoms with E-state index in [2.05, 4.69) is 71.9 Å². The summed E-state index contributed by atoms with van der Waals surface area (Å²) in [5.41, 5.74) is 7.51. The number of aromatic amines is 1. The summed E-state index contributed by atoms with van der Waals surface area (Å²) in [7, 11) is 2.62. The van der Waals surface area contributed by atoms with E-state index in [1.165, 1.54) is 14.2 Å². The lowest BCUT2D eigenvalue weighted by Crippen LogP contribution is -2.60. The van der Waals surface area contributed by atoms with Crippen LogP contribution in [0, 0.1) is 11.3 Å². The fourth-order valence-corrected chi connectivity index (χ4v) is 10.7. The third kappa shape index (κ3) is 7.75. The molecule has 5 aliphatic rings. The van der Waals surface area contributed by atoms with Gasteiger partial charge in [0.15, 0.2) is 0 Å². The molecule has 338 valence electrons. The Kier molecular flexibility index (Phi) is 11.6. The number of imidazole rings is 1. The van der Waals surface area contributed by atoms with Gasteiger partial charge in [0.1, 0.15) is 30.3 Å². The van der Waals surface area contributed by atoms with Crippen LogP contribution in [0.25, 0.3) is 33.2 Å². The predicted octanol–water partition coefficient (Wildman–Crippen LogP) is 7.77. The molecule has 3 fully saturated rings. The van der Waals surface area contributed by atoms with E-state index in [-0.39, 0.29) is 41.9 Å². The average molecular weight is 874 g/mol. The highest BCUT2D eigenvalue weighted by molar-refractivity contribution is 6.07. The summed E-state index contributed by atoms with van der Waals surface area (Å²) >= 11 is 0. The van der Waals surface area contributed by atoms with Gasteiger partial charge < -0.3 is 44.4 Å². The van der Waals surface area contributed by atoms with Gasteiger partial charge in [-0.2, -0.15) is 0 Å². The second-order valence-corrected chi connectivity index (χ2v) is 18.8. The highest BCUT2D eigenvalue weighted by Gasteiger charge is 2.48. The van der Waals surface area contributed by atoms with Gasteiger partial charge in [0, 0.05) is 48.4 Å². The van der Waals surface area contributed by atoms with Crippen molar-refractivity contribution in [1.29, 1.82) is 0 Å². The number of benzene rings is 3. The number of amides is 4. The van der Waals surface area contributed by atoms with Crippen molar-refractivity contribution < 1.29 is 38.1 Å². The maximum absolute atomic E-state index is 14.6. The van der Waals surface area contributed by atoms with Crippen LogP contribution >= 0.6 is 0 Å². The van der Waals surface area contributed by atoms with Gasteiger partial charge in [0.05, 0.1) is 43.9 Å². The quantitative estimate of drug-likeness (QED) is 0.152. The van der Waals surface area contributed by atoms with Crippen LogP contribution in [0.4, 0.5) is 15.3 Å². The van der Waals surface area contributed by atoms with E-state index in [4.69, 9.17) is 28.9 Å². The molecule has 5 aliphatic heterocycles. The van der Waals surface area contributed by atoms with Crippen molar-refractivity contribution in [1.82, 2.24) is 30.4 Å². The topological polar surface area (TPSA) is 177 Å². The number of nitrogens with zero attached hydrogens (tertiary/aromatic N) is 4. The van der Waals surface area contributed by atoms with Crippen LogP contribution in [-0.2, 0) is 36.8 Å². The molecule has 0 saturated carbocycles. The lowest BCUT2D eigenvalue weighted by Gasteiger charge is -2.42. The SMILES string of the molecule is COC(=O)N[C@H](C(=O)N1[C@@H](C)CC[C@H]1c1ncc(-c2ccc3c(c2)COc2cc4c5c(ccc4cc2-3)N=C([C@@H]2CC[C@H](C)N2C(=O)[C@@H](NC(=O)OC)C2(C)CCOCC2)C5)[nH]1)C(C)C. The first-order valence-electron chi connectivity index (χ1n) is 22.7. The van der Waals surface area contributed by atoms with Gasteiger partial charge in [-0.05, 0) is 116 Å². The highest BCUT2D eigenvalue weighted by Crippen LogP contribution is 2.46. The van der Waals surface area contributed by atoms with Crippen molar-refractivity contribution in [3.63, 3.8) is 0 Å².